The summed E-state index contributed by atoms with van der Waals surface area (Å²) in [6.45, 7) is 7.05. The lowest BCUT2D eigenvalue weighted by molar-refractivity contribution is -0.139. The molecule has 128 valence electrons. The highest BCUT2D eigenvalue weighted by molar-refractivity contribution is 5.81. The van der Waals surface area contributed by atoms with Gasteiger partial charge in [-0.25, -0.2) is 9.59 Å². The van der Waals surface area contributed by atoms with Crippen molar-refractivity contribution >= 4 is 11.9 Å². The number of hydrogen-bond donors (Lipinski definition) is 0. The van der Waals surface area contributed by atoms with Gasteiger partial charge in [0, 0.05) is 12.2 Å². The SMILES string of the molecule is C=CC(=O)OCc1ccc(Oc2ccc(COC(=O)C=C)cc2)cc1. The van der Waals surface area contributed by atoms with Gasteiger partial charge in [-0.3, -0.25) is 0 Å². The second kappa shape index (κ2) is 9.08. The highest BCUT2D eigenvalue weighted by atomic mass is 16.5. The monoisotopic (exact) mass is 338 g/mol. The fourth-order valence-electron chi connectivity index (χ4n) is 1.87. The van der Waals surface area contributed by atoms with Crippen molar-refractivity contribution < 1.29 is 23.8 Å². The van der Waals surface area contributed by atoms with Crippen molar-refractivity contribution in [2.45, 2.75) is 13.2 Å². The molecule has 0 heterocycles. The Kier molecular flexibility index (Phi) is 6.54. The molecule has 2 aromatic rings. The normalized spacial score (nSPS) is 9.76. The second-order valence-electron chi connectivity index (χ2n) is 5.01. The van der Waals surface area contributed by atoms with Crippen LogP contribution in [0.25, 0.3) is 0 Å². The first kappa shape index (κ1) is 18.0. The van der Waals surface area contributed by atoms with Crippen molar-refractivity contribution in [2.75, 3.05) is 0 Å². The zero-order chi connectivity index (χ0) is 18.1. The van der Waals surface area contributed by atoms with Crippen molar-refractivity contribution in [2.24, 2.45) is 0 Å². The van der Waals surface area contributed by atoms with Crippen LogP contribution in [-0.2, 0) is 32.3 Å². The molecule has 0 N–H and O–H groups in total. The highest BCUT2D eigenvalue weighted by Gasteiger charge is 2.02. The Hall–Kier alpha value is -3.34. The van der Waals surface area contributed by atoms with Gasteiger partial charge in [0.2, 0.25) is 0 Å². The molecule has 0 spiro atoms. The molecule has 2 rings (SSSR count). The minimum absolute atomic E-state index is 0.184. The number of carbonyl (C=O) groups is 2. The van der Waals surface area contributed by atoms with Crippen molar-refractivity contribution in [3.05, 3.63) is 85.0 Å². The Balaban J connectivity index is 1.89. The molecule has 5 heteroatoms. The summed E-state index contributed by atoms with van der Waals surface area (Å²) in [5, 5.41) is 0. The van der Waals surface area contributed by atoms with E-state index >= 15 is 0 Å². The maximum absolute atomic E-state index is 11.0. The summed E-state index contributed by atoms with van der Waals surface area (Å²) in [6, 6.07) is 14.4. The van der Waals surface area contributed by atoms with E-state index in [0.29, 0.717) is 11.5 Å². The third-order valence-electron chi connectivity index (χ3n) is 3.18. The van der Waals surface area contributed by atoms with Gasteiger partial charge in [-0.2, -0.15) is 0 Å². The fraction of sp³-hybridized carbons (Fsp3) is 0.100. The first-order chi connectivity index (χ1) is 12.1. The van der Waals surface area contributed by atoms with Crippen LogP contribution in [0, 0.1) is 0 Å². The van der Waals surface area contributed by atoms with E-state index in [1.54, 1.807) is 24.3 Å². The molecule has 25 heavy (non-hydrogen) atoms. The van der Waals surface area contributed by atoms with Crippen molar-refractivity contribution in [1.29, 1.82) is 0 Å². The molecule has 0 saturated carbocycles. The molecular formula is C20H18O5. The van der Waals surface area contributed by atoms with Gasteiger partial charge in [0.25, 0.3) is 0 Å². The number of benzene rings is 2. The van der Waals surface area contributed by atoms with Crippen LogP contribution in [0.5, 0.6) is 11.5 Å². The van der Waals surface area contributed by atoms with Crippen LogP contribution in [0.3, 0.4) is 0 Å². The van der Waals surface area contributed by atoms with Gasteiger partial charge in [-0.1, -0.05) is 37.4 Å². The lowest BCUT2D eigenvalue weighted by Gasteiger charge is -2.08. The molecule has 0 bridgehead atoms. The molecule has 2 aromatic carbocycles. The number of hydrogen-bond acceptors (Lipinski definition) is 5. The molecule has 0 atom stereocenters. The maximum atomic E-state index is 11.0. The number of carbonyl (C=O) groups excluding carboxylic acids is 2. The third kappa shape index (κ3) is 5.99. The van der Waals surface area contributed by atoms with Crippen LogP contribution in [0.2, 0.25) is 0 Å². The summed E-state index contributed by atoms with van der Waals surface area (Å²) in [6.07, 6.45) is 2.25. The van der Waals surface area contributed by atoms with E-state index in [1.165, 1.54) is 0 Å². The Labute approximate surface area is 146 Å². The Bertz CT molecular complexity index is 679. The first-order valence-corrected chi connectivity index (χ1v) is 7.55. The molecule has 0 aromatic heterocycles. The van der Waals surface area contributed by atoms with Crippen LogP contribution in [0.1, 0.15) is 11.1 Å². The quantitative estimate of drug-likeness (QED) is 0.539. The average Bonchev–Trinajstić information content (AvgIpc) is 2.66. The minimum atomic E-state index is -0.459. The van der Waals surface area contributed by atoms with E-state index in [4.69, 9.17) is 14.2 Å². The van der Waals surface area contributed by atoms with Crippen LogP contribution in [-0.4, -0.2) is 11.9 Å². The zero-order valence-corrected chi connectivity index (χ0v) is 13.6. The molecule has 0 radical (unpaired) electrons. The number of esters is 2. The second-order valence-corrected chi connectivity index (χ2v) is 5.01. The number of rotatable bonds is 8. The van der Waals surface area contributed by atoms with Crippen LogP contribution in [0.15, 0.2) is 73.8 Å². The van der Waals surface area contributed by atoms with Crippen molar-refractivity contribution in [3.8, 4) is 11.5 Å². The summed E-state index contributed by atoms with van der Waals surface area (Å²) in [5.74, 6) is 0.396. The van der Waals surface area contributed by atoms with Gasteiger partial charge in [0.05, 0.1) is 0 Å². The summed E-state index contributed by atoms with van der Waals surface area (Å²) < 4.78 is 15.6. The molecule has 0 fully saturated rings. The fourth-order valence-corrected chi connectivity index (χ4v) is 1.87. The molecule has 0 unspecified atom stereocenters. The third-order valence-corrected chi connectivity index (χ3v) is 3.18. The highest BCUT2D eigenvalue weighted by Crippen LogP contribution is 2.22. The van der Waals surface area contributed by atoms with E-state index in [-0.39, 0.29) is 13.2 Å². The van der Waals surface area contributed by atoms with Gasteiger partial charge in [0.15, 0.2) is 0 Å². The number of ether oxygens (including phenoxy) is 3. The van der Waals surface area contributed by atoms with E-state index < -0.39 is 11.9 Å². The predicted molar refractivity (Wildman–Crippen MR) is 92.9 cm³/mol. The smallest absolute Gasteiger partial charge is 0.330 e. The molecule has 0 saturated heterocycles. The van der Waals surface area contributed by atoms with Crippen LogP contribution >= 0.6 is 0 Å². The van der Waals surface area contributed by atoms with Crippen molar-refractivity contribution in [3.63, 3.8) is 0 Å². The van der Waals surface area contributed by atoms with Gasteiger partial charge in [-0.05, 0) is 35.4 Å². The minimum Gasteiger partial charge on any atom is -0.458 e. The standard InChI is InChI=1S/C20H18O5/c1-3-19(21)23-13-15-5-9-17(10-6-15)25-18-11-7-16(8-12-18)14-24-20(22)4-2/h3-12H,1-2,13-14H2. The van der Waals surface area contributed by atoms with Crippen molar-refractivity contribution in [1.82, 2.24) is 0 Å². The molecule has 0 aliphatic heterocycles. The van der Waals surface area contributed by atoms with E-state index in [2.05, 4.69) is 13.2 Å². The molecule has 0 aliphatic carbocycles. The lowest BCUT2D eigenvalue weighted by Crippen LogP contribution is -2.00. The van der Waals surface area contributed by atoms with Gasteiger partial charge >= 0.3 is 11.9 Å². The summed E-state index contributed by atoms with van der Waals surface area (Å²) in [7, 11) is 0. The van der Waals surface area contributed by atoms with Crippen LogP contribution in [0.4, 0.5) is 0 Å². The Morgan fingerprint density at radius 1 is 0.720 bits per heavy atom. The summed E-state index contributed by atoms with van der Waals surface area (Å²) in [4.78, 5) is 22.0. The largest absolute Gasteiger partial charge is 0.458 e. The predicted octanol–water partition coefficient (Wildman–Crippen LogP) is 3.94. The lowest BCUT2D eigenvalue weighted by atomic mass is 10.2. The van der Waals surface area contributed by atoms with Gasteiger partial charge in [0.1, 0.15) is 24.7 Å². The molecule has 5 nitrogen and oxygen atoms in total. The average molecular weight is 338 g/mol. The topological polar surface area (TPSA) is 61.8 Å². The maximum Gasteiger partial charge on any atom is 0.330 e. The first-order valence-electron chi connectivity index (χ1n) is 7.55. The van der Waals surface area contributed by atoms with Gasteiger partial charge in [-0.15, -0.1) is 0 Å². The molecule has 0 amide bonds. The summed E-state index contributed by atoms with van der Waals surface area (Å²) >= 11 is 0. The molecule has 0 aliphatic rings. The van der Waals surface area contributed by atoms with Gasteiger partial charge < -0.3 is 14.2 Å². The van der Waals surface area contributed by atoms with E-state index in [0.717, 1.165) is 23.3 Å². The van der Waals surface area contributed by atoms with E-state index in [1.807, 2.05) is 24.3 Å². The van der Waals surface area contributed by atoms with Crippen LogP contribution < -0.4 is 4.74 Å². The summed E-state index contributed by atoms with van der Waals surface area (Å²) in [5.41, 5.74) is 1.70. The Morgan fingerprint density at radius 2 is 1.08 bits per heavy atom. The molecular weight excluding hydrogens is 320 g/mol. The zero-order valence-electron chi connectivity index (χ0n) is 13.6. The Morgan fingerprint density at radius 3 is 1.40 bits per heavy atom. The van der Waals surface area contributed by atoms with E-state index in [9.17, 15) is 9.59 Å².